The molecule has 0 radical (unpaired) electrons. The minimum Gasteiger partial charge on any atom is -0.313 e. The number of nitrogens with one attached hydrogen (secondary N) is 1. The lowest BCUT2D eigenvalue weighted by molar-refractivity contribution is 0.366. The molecule has 3 nitrogen and oxygen atoms in total. The van der Waals surface area contributed by atoms with E-state index < -0.39 is 9.84 Å². The highest BCUT2D eigenvalue weighted by molar-refractivity contribution is 7.91. The van der Waals surface area contributed by atoms with Crippen molar-refractivity contribution in [3.05, 3.63) is 0 Å². The van der Waals surface area contributed by atoms with E-state index in [-0.39, 0.29) is 5.75 Å². The predicted octanol–water partition coefficient (Wildman–Crippen LogP) is 1.98. The van der Waals surface area contributed by atoms with Crippen molar-refractivity contribution in [3.8, 4) is 0 Å². The molecule has 1 N–H and O–H groups in total. The second kappa shape index (κ2) is 5.50. The first-order valence-corrected chi connectivity index (χ1v) is 8.10. The van der Waals surface area contributed by atoms with Gasteiger partial charge in [-0.2, -0.15) is 0 Å². The molecule has 0 aromatic carbocycles. The lowest BCUT2D eigenvalue weighted by atomic mass is 9.92. The van der Waals surface area contributed by atoms with E-state index in [1.165, 1.54) is 19.3 Å². The van der Waals surface area contributed by atoms with E-state index >= 15 is 0 Å². The zero-order valence-electron chi connectivity index (χ0n) is 10.8. The topological polar surface area (TPSA) is 46.2 Å². The van der Waals surface area contributed by atoms with Gasteiger partial charge in [-0.15, -0.1) is 0 Å². The van der Waals surface area contributed by atoms with Crippen molar-refractivity contribution in [1.29, 1.82) is 0 Å². The van der Waals surface area contributed by atoms with Crippen LogP contribution in [0.15, 0.2) is 0 Å². The molecule has 1 unspecified atom stereocenters. The second-order valence-corrected chi connectivity index (χ2v) is 8.01. The average molecular weight is 247 g/mol. The molecule has 1 rings (SSSR count). The standard InChI is InChI=1S/C12H25NO2S/c1-4-8-16(14,15)9-7-13-11-5-6-12(2,3)10-11/h11,13H,4-10H2,1-3H3. The Kier molecular flexibility index (Phi) is 4.80. The van der Waals surface area contributed by atoms with Crippen LogP contribution in [0.1, 0.15) is 46.5 Å². The molecule has 0 saturated heterocycles. The molecule has 0 aliphatic heterocycles. The van der Waals surface area contributed by atoms with Crippen molar-refractivity contribution >= 4 is 9.84 Å². The maximum Gasteiger partial charge on any atom is 0.151 e. The van der Waals surface area contributed by atoms with Crippen LogP contribution in [0.3, 0.4) is 0 Å². The minimum absolute atomic E-state index is 0.289. The van der Waals surface area contributed by atoms with Gasteiger partial charge in [0.2, 0.25) is 0 Å². The fraction of sp³-hybridized carbons (Fsp3) is 1.00. The van der Waals surface area contributed by atoms with Gasteiger partial charge in [0.15, 0.2) is 9.84 Å². The van der Waals surface area contributed by atoms with Crippen LogP contribution in [-0.4, -0.2) is 32.5 Å². The first-order chi connectivity index (χ1) is 7.35. The highest BCUT2D eigenvalue weighted by Crippen LogP contribution is 2.36. The summed E-state index contributed by atoms with van der Waals surface area (Å²) in [6.07, 6.45) is 4.31. The smallest absolute Gasteiger partial charge is 0.151 e. The largest absolute Gasteiger partial charge is 0.313 e. The van der Waals surface area contributed by atoms with Crippen LogP contribution in [0.5, 0.6) is 0 Å². The molecular formula is C12H25NO2S. The predicted molar refractivity (Wildman–Crippen MR) is 68.4 cm³/mol. The summed E-state index contributed by atoms with van der Waals surface area (Å²) in [5, 5.41) is 3.37. The van der Waals surface area contributed by atoms with Gasteiger partial charge < -0.3 is 5.32 Å². The molecule has 0 aromatic heterocycles. The van der Waals surface area contributed by atoms with Crippen molar-refractivity contribution in [2.75, 3.05) is 18.1 Å². The molecule has 1 aliphatic rings. The van der Waals surface area contributed by atoms with E-state index in [9.17, 15) is 8.42 Å². The summed E-state index contributed by atoms with van der Waals surface area (Å²) >= 11 is 0. The normalized spacial score (nSPS) is 24.8. The summed E-state index contributed by atoms with van der Waals surface area (Å²) in [7, 11) is -2.81. The first-order valence-electron chi connectivity index (χ1n) is 6.28. The molecule has 96 valence electrons. The summed E-state index contributed by atoms with van der Waals surface area (Å²) < 4.78 is 23.0. The van der Waals surface area contributed by atoms with Gasteiger partial charge in [-0.1, -0.05) is 20.8 Å². The Bertz CT molecular complexity index is 309. The lowest BCUT2D eigenvalue weighted by Gasteiger charge is -2.17. The summed E-state index contributed by atoms with van der Waals surface area (Å²) in [6.45, 7) is 7.08. The van der Waals surface area contributed by atoms with Gasteiger partial charge in [0.1, 0.15) is 0 Å². The third-order valence-corrected chi connectivity index (χ3v) is 5.19. The Labute approximate surface area is 99.9 Å². The quantitative estimate of drug-likeness (QED) is 0.780. The lowest BCUT2D eigenvalue weighted by Crippen LogP contribution is -2.32. The van der Waals surface area contributed by atoms with Gasteiger partial charge in [0.25, 0.3) is 0 Å². The molecule has 0 aromatic rings. The van der Waals surface area contributed by atoms with Gasteiger partial charge in [0, 0.05) is 18.3 Å². The Hall–Kier alpha value is -0.0900. The molecule has 0 amide bonds. The summed E-state index contributed by atoms with van der Waals surface area (Å²) in [5.74, 6) is 0.614. The summed E-state index contributed by atoms with van der Waals surface area (Å²) in [5.41, 5.74) is 0.431. The van der Waals surface area contributed by atoms with Gasteiger partial charge in [-0.05, 0) is 31.1 Å². The highest BCUT2D eigenvalue weighted by Gasteiger charge is 2.30. The van der Waals surface area contributed by atoms with Gasteiger partial charge >= 0.3 is 0 Å². The van der Waals surface area contributed by atoms with Crippen LogP contribution < -0.4 is 5.32 Å². The monoisotopic (exact) mass is 247 g/mol. The molecule has 1 saturated carbocycles. The Morgan fingerprint density at radius 2 is 2.00 bits per heavy atom. The average Bonchev–Trinajstić information content (AvgIpc) is 2.45. The van der Waals surface area contributed by atoms with Crippen LogP contribution >= 0.6 is 0 Å². The Morgan fingerprint density at radius 1 is 1.31 bits per heavy atom. The van der Waals surface area contributed by atoms with Crippen molar-refractivity contribution < 1.29 is 8.42 Å². The van der Waals surface area contributed by atoms with Gasteiger partial charge in [-0.25, -0.2) is 8.42 Å². The van der Waals surface area contributed by atoms with Crippen LogP contribution in [0, 0.1) is 5.41 Å². The van der Waals surface area contributed by atoms with Crippen LogP contribution in [0.25, 0.3) is 0 Å². The molecule has 1 aliphatic carbocycles. The van der Waals surface area contributed by atoms with Crippen molar-refractivity contribution in [3.63, 3.8) is 0 Å². The molecular weight excluding hydrogens is 222 g/mol. The first kappa shape index (κ1) is 14.0. The zero-order chi connectivity index (χ0) is 12.2. The summed E-state index contributed by atoms with van der Waals surface area (Å²) in [6, 6.07) is 0.520. The molecule has 1 fully saturated rings. The van der Waals surface area contributed by atoms with E-state index in [4.69, 9.17) is 0 Å². The van der Waals surface area contributed by atoms with Crippen molar-refractivity contribution in [2.24, 2.45) is 5.41 Å². The Balaban J connectivity index is 2.22. The van der Waals surface area contributed by atoms with E-state index in [1.54, 1.807) is 0 Å². The van der Waals surface area contributed by atoms with E-state index in [0.717, 1.165) is 6.42 Å². The second-order valence-electron chi connectivity index (χ2n) is 5.71. The number of hydrogen-bond donors (Lipinski definition) is 1. The Morgan fingerprint density at radius 3 is 2.50 bits per heavy atom. The molecule has 0 heterocycles. The van der Waals surface area contributed by atoms with Gasteiger partial charge in [0.05, 0.1) is 5.75 Å². The maximum absolute atomic E-state index is 11.5. The SMILES string of the molecule is CCCS(=O)(=O)CCNC1CCC(C)(C)C1. The zero-order valence-corrected chi connectivity index (χ0v) is 11.6. The van der Waals surface area contributed by atoms with Crippen molar-refractivity contribution in [2.45, 2.75) is 52.5 Å². The van der Waals surface area contributed by atoms with E-state index in [1.807, 2.05) is 6.92 Å². The maximum atomic E-state index is 11.5. The number of rotatable bonds is 6. The molecule has 1 atom stereocenters. The van der Waals surface area contributed by atoms with Crippen LogP contribution in [0.4, 0.5) is 0 Å². The molecule has 16 heavy (non-hydrogen) atoms. The van der Waals surface area contributed by atoms with Crippen LogP contribution in [0.2, 0.25) is 0 Å². The minimum atomic E-state index is -2.81. The number of hydrogen-bond acceptors (Lipinski definition) is 3. The van der Waals surface area contributed by atoms with E-state index in [0.29, 0.717) is 23.8 Å². The number of sulfone groups is 1. The van der Waals surface area contributed by atoms with E-state index in [2.05, 4.69) is 19.2 Å². The van der Waals surface area contributed by atoms with Gasteiger partial charge in [-0.3, -0.25) is 0 Å². The fourth-order valence-corrected chi connectivity index (χ4v) is 3.70. The molecule has 0 spiro atoms. The van der Waals surface area contributed by atoms with Crippen LogP contribution in [-0.2, 0) is 9.84 Å². The highest BCUT2D eigenvalue weighted by atomic mass is 32.2. The van der Waals surface area contributed by atoms with Crippen molar-refractivity contribution in [1.82, 2.24) is 5.32 Å². The fourth-order valence-electron chi connectivity index (χ4n) is 2.44. The third kappa shape index (κ3) is 4.83. The summed E-state index contributed by atoms with van der Waals surface area (Å²) in [4.78, 5) is 0. The third-order valence-electron chi connectivity index (χ3n) is 3.33. The molecule has 4 heteroatoms. The molecule has 0 bridgehead atoms.